The predicted octanol–water partition coefficient (Wildman–Crippen LogP) is 7.63. The minimum absolute atomic E-state index is 0.0878. The molecule has 0 N–H and O–H groups in total. The number of ether oxygens (including phenoxy) is 1. The molecule has 1 aliphatic rings. The van der Waals surface area contributed by atoms with E-state index < -0.39 is 24.4 Å². The summed E-state index contributed by atoms with van der Waals surface area (Å²) in [6.07, 6.45) is 0.725. The van der Waals surface area contributed by atoms with Gasteiger partial charge in [0, 0.05) is 22.4 Å². The zero-order chi connectivity index (χ0) is 27.1. The molecule has 8 heteroatoms. The summed E-state index contributed by atoms with van der Waals surface area (Å²) in [6.45, 7) is 18.4. The lowest BCUT2D eigenvalue weighted by molar-refractivity contribution is 0.0600. The van der Waals surface area contributed by atoms with E-state index in [2.05, 4.69) is 54.1 Å². The summed E-state index contributed by atoms with van der Waals surface area (Å²) in [4.78, 5) is 12.6. The van der Waals surface area contributed by atoms with E-state index in [0.29, 0.717) is 18.7 Å². The average Bonchev–Trinajstić information content (AvgIpc) is 3.14. The van der Waals surface area contributed by atoms with Gasteiger partial charge in [-0.2, -0.15) is 0 Å². The van der Waals surface area contributed by atoms with Crippen LogP contribution in [0.1, 0.15) is 75.5 Å². The maximum atomic E-state index is 13.7. The molecule has 2 aromatic rings. The number of esters is 1. The van der Waals surface area contributed by atoms with E-state index in [1.54, 1.807) is 0 Å². The van der Waals surface area contributed by atoms with Gasteiger partial charge in [0.05, 0.1) is 25.3 Å². The van der Waals surface area contributed by atoms with Crippen LogP contribution >= 0.6 is 15.9 Å². The van der Waals surface area contributed by atoms with Gasteiger partial charge < -0.3 is 13.7 Å². The molecule has 1 aliphatic heterocycles. The number of nitrogens with zero attached hydrogens (tertiary/aromatic N) is 1. The summed E-state index contributed by atoms with van der Waals surface area (Å²) in [5.41, 5.74) is 4.64. The third-order valence-corrected chi connectivity index (χ3v) is 14.2. The molecule has 198 valence electrons. The Hall–Kier alpha value is -1.16. The number of hydrogen-bond donors (Lipinski definition) is 0. The Morgan fingerprint density at radius 3 is 2.28 bits per heavy atom. The second-order valence-electron chi connectivity index (χ2n) is 11.9. The molecule has 36 heavy (non-hydrogen) atoms. The maximum absolute atomic E-state index is 13.7. The van der Waals surface area contributed by atoms with Crippen LogP contribution in [0.3, 0.4) is 0 Å². The zero-order valence-corrected chi connectivity index (χ0v) is 26.4. The van der Waals surface area contributed by atoms with Gasteiger partial charge in [-0.15, -0.1) is 4.31 Å². The van der Waals surface area contributed by atoms with Crippen molar-refractivity contribution in [1.29, 1.82) is 0 Å². The first-order valence-corrected chi connectivity index (χ1v) is 17.2. The van der Waals surface area contributed by atoms with Gasteiger partial charge >= 0.3 is 5.97 Å². The van der Waals surface area contributed by atoms with Crippen molar-refractivity contribution in [2.75, 3.05) is 13.7 Å². The molecule has 0 fully saturated rings. The largest absolute Gasteiger partial charge is 0.597 e. The number of carbonyl (C=O) groups is 1. The first kappa shape index (κ1) is 29.4. The van der Waals surface area contributed by atoms with E-state index in [0.717, 1.165) is 33.1 Å². The highest BCUT2D eigenvalue weighted by Gasteiger charge is 2.45. The van der Waals surface area contributed by atoms with Gasteiger partial charge in [0.2, 0.25) is 0 Å². The quantitative estimate of drug-likeness (QED) is 0.187. The fraction of sp³-hybridized carbons (Fsp3) is 0.536. The highest BCUT2D eigenvalue weighted by Crippen LogP contribution is 2.46. The normalized spacial score (nSPS) is 17.7. The van der Waals surface area contributed by atoms with Crippen LogP contribution < -0.4 is 0 Å². The first-order chi connectivity index (χ1) is 16.6. The van der Waals surface area contributed by atoms with Crippen LogP contribution in [0.15, 0.2) is 40.9 Å². The molecular weight excluding hydrogens is 554 g/mol. The molecule has 1 unspecified atom stereocenters. The van der Waals surface area contributed by atoms with Crippen molar-refractivity contribution in [2.45, 2.75) is 83.4 Å². The van der Waals surface area contributed by atoms with Crippen LogP contribution in [0.4, 0.5) is 0 Å². The van der Waals surface area contributed by atoms with Gasteiger partial charge in [0.25, 0.3) is 0 Å². The number of fused-ring (bicyclic) bond motifs is 1. The van der Waals surface area contributed by atoms with Crippen molar-refractivity contribution < 1.29 is 18.5 Å². The molecule has 0 aromatic heterocycles. The molecule has 2 aromatic carbocycles. The van der Waals surface area contributed by atoms with E-state index in [1.807, 2.05) is 57.2 Å². The molecule has 0 saturated carbocycles. The number of benzene rings is 2. The van der Waals surface area contributed by atoms with Gasteiger partial charge in [-0.05, 0) is 91.8 Å². The summed E-state index contributed by atoms with van der Waals surface area (Å²) in [6, 6.07) is 11.8. The molecule has 5 nitrogen and oxygen atoms in total. The predicted molar refractivity (Wildman–Crippen MR) is 155 cm³/mol. The number of hydrogen-bond acceptors (Lipinski definition) is 5. The SMILES string of the molecule is COC(=O)c1cc2c(c(-c3ccc(Br)cc3)c1)[C@@H](CCO[Si](C)(C)C(C)(C)C)N([S+]([O-])C(C)(C)C)C2. The summed E-state index contributed by atoms with van der Waals surface area (Å²) in [5, 5.41) is 0.118. The highest BCUT2D eigenvalue weighted by atomic mass is 79.9. The van der Waals surface area contributed by atoms with Crippen molar-refractivity contribution in [3.63, 3.8) is 0 Å². The zero-order valence-electron chi connectivity index (χ0n) is 23.0. The van der Waals surface area contributed by atoms with Crippen molar-refractivity contribution in [3.8, 4) is 11.1 Å². The van der Waals surface area contributed by atoms with Crippen molar-refractivity contribution in [2.24, 2.45) is 0 Å². The van der Waals surface area contributed by atoms with Gasteiger partial charge in [0.1, 0.15) is 4.75 Å². The Balaban J connectivity index is 2.11. The van der Waals surface area contributed by atoms with Crippen LogP contribution in [0.25, 0.3) is 11.1 Å². The van der Waals surface area contributed by atoms with E-state index in [1.165, 1.54) is 7.11 Å². The average molecular weight is 595 g/mol. The lowest BCUT2D eigenvalue weighted by Crippen LogP contribution is -2.43. The molecule has 0 spiro atoms. The Bertz CT molecular complexity index is 1090. The molecule has 0 bridgehead atoms. The topological polar surface area (TPSA) is 61.8 Å². The number of carbonyl (C=O) groups excluding carboxylic acids is 1. The second kappa shape index (κ2) is 10.9. The summed E-state index contributed by atoms with van der Waals surface area (Å²) in [7, 11) is -0.528. The Morgan fingerprint density at radius 2 is 1.75 bits per heavy atom. The number of halogens is 1. The van der Waals surface area contributed by atoms with Crippen LogP contribution in [-0.4, -0.2) is 41.6 Å². The smallest absolute Gasteiger partial charge is 0.337 e. The number of rotatable bonds is 7. The molecule has 2 atom stereocenters. The fourth-order valence-electron chi connectivity index (χ4n) is 4.22. The molecule has 0 saturated heterocycles. The molecule has 0 radical (unpaired) electrons. The minimum Gasteiger partial charge on any atom is -0.597 e. The first-order valence-electron chi connectivity index (χ1n) is 12.4. The van der Waals surface area contributed by atoms with Gasteiger partial charge in [-0.1, -0.05) is 48.8 Å². The lowest BCUT2D eigenvalue weighted by Gasteiger charge is -2.37. The number of methoxy groups -OCH3 is 1. The monoisotopic (exact) mass is 593 g/mol. The Kier molecular flexibility index (Phi) is 8.91. The van der Waals surface area contributed by atoms with E-state index in [-0.39, 0.29) is 17.0 Å². The van der Waals surface area contributed by atoms with E-state index in [4.69, 9.17) is 9.16 Å². The molecule has 1 heterocycles. The summed E-state index contributed by atoms with van der Waals surface area (Å²) in [5.74, 6) is -0.371. The molecular formula is C28H40BrNO4SSi. The van der Waals surface area contributed by atoms with Crippen molar-refractivity contribution in [3.05, 3.63) is 57.6 Å². The highest BCUT2D eigenvalue weighted by molar-refractivity contribution is 9.10. The standard InChI is InChI=1S/C28H40BrNO4SSi/c1-27(2,3)35(32)30-18-21-16-20(26(31)33-7)17-23(19-10-12-22(29)13-11-19)25(21)24(30)14-15-34-36(8,9)28(4,5)6/h10-13,16-17,24H,14-15,18H2,1-9H3/t24-,35?/m1/s1. The van der Waals surface area contributed by atoms with Crippen LogP contribution in [-0.2, 0) is 27.1 Å². The van der Waals surface area contributed by atoms with Gasteiger partial charge in [-0.3, -0.25) is 0 Å². The lowest BCUT2D eigenvalue weighted by atomic mass is 9.90. The van der Waals surface area contributed by atoms with Gasteiger partial charge in [-0.25, -0.2) is 4.79 Å². The molecule has 0 amide bonds. The van der Waals surface area contributed by atoms with Crippen molar-refractivity contribution in [1.82, 2.24) is 4.31 Å². The van der Waals surface area contributed by atoms with Crippen LogP contribution in [0.2, 0.25) is 18.1 Å². The fourth-order valence-corrected chi connectivity index (χ4v) is 6.95. The third kappa shape index (κ3) is 6.27. The molecule has 0 aliphatic carbocycles. The van der Waals surface area contributed by atoms with Gasteiger partial charge in [0.15, 0.2) is 8.32 Å². The Labute approximate surface area is 229 Å². The summed E-state index contributed by atoms with van der Waals surface area (Å²) >= 11 is 2.29. The molecule has 3 rings (SSSR count). The van der Waals surface area contributed by atoms with Crippen molar-refractivity contribution >= 4 is 41.6 Å². The summed E-state index contributed by atoms with van der Waals surface area (Å²) < 4.78 is 28.0. The second-order valence-corrected chi connectivity index (χ2v) is 19.9. The maximum Gasteiger partial charge on any atom is 0.337 e. The van der Waals surface area contributed by atoms with Crippen LogP contribution in [0.5, 0.6) is 0 Å². The third-order valence-electron chi connectivity index (χ3n) is 7.25. The van der Waals surface area contributed by atoms with E-state index >= 15 is 0 Å². The van der Waals surface area contributed by atoms with E-state index in [9.17, 15) is 9.35 Å². The Morgan fingerprint density at radius 1 is 1.14 bits per heavy atom. The minimum atomic E-state index is -1.93. The van der Waals surface area contributed by atoms with Crippen LogP contribution in [0, 0.1) is 0 Å².